The van der Waals surface area contributed by atoms with E-state index < -0.39 is 12.1 Å². The van der Waals surface area contributed by atoms with Crippen LogP contribution in [0.5, 0.6) is 0 Å². The third-order valence-electron chi connectivity index (χ3n) is 5.79. The molecule has 0 saturated carbocycles. The number of carbonyl (C=O) groups is 3. The quantitative estimate of drug-likeness (QED) is 0.291. The third kappa shape index (κ3) is 7.10. The van der Waals surface area contributed by atoms with Crippen LogP contribution in [0.3, 0.4) is 0 Å². The Balaban J connectivity index is 0.000000448. The second kappa shape index (κ2) is 11.6. The van der Waals surface area contributed by atoms with Gasteiger partial charge in [-0.15, -0.1) is 0 Å². The molecule has 0 atom stereocenters. The summed E-state index contributed by atoms with van der Waals surface area (Å²) in [4.78, 5) is 41.1. The number of nitrogens with zero attached hydrogens (tertiary/aromatic N) is 1. The number of amides is 2. The lowest BCUT2D eigenvalue weighted by Gasteiger charge is -2.11. The molecule has 2 amide bonds. The Morgan fingerprint density at radius 2 is 1.67 bits per heavy atom. The van der Waals surface area contributed by atoms with E-state index in [4.69, 9.17) is 9.90 Å². The lowest BCUT2D eigenvalue weighted by Crippen LogP contribution is -2.31. The first kappa shape index (κ1) is 27.1. The average Bonchev–Trinajstić information content (AvgIpc) is 3.36. The van der Waals surface area contributed by atoms with Gasteiger partial charge in [0.15, 0.2) is 0 Å². The Morgan fingerprint density at radius 1 is 0.974 bits per heavy atom. The predicted octanol–water partition coefficient (Wildman–Crippen LogP) is 4.84. The van der Waals surface area contributed by atoms with Crippen LogP contribution in [-0.2, 0) is 22.4 Å². The van der Waals surface area contributed by atoms with E-state index in [1.807, 2.05) is 72.8 Å². The van der Waals surface area contributed by atoms with E-state index in [2.05, 4.69) is 20.6 Å². The second-order valence-electron chi connectivity index (χ2n) is 8.60. The first-order chi connectivity index (χ1) is 18.6. The van der Waals surface area contributed by atoms with Gasteiger partial charge < -0.3 is 20.7 Å². The highest BCUT2D eigenvalue weighted by Crippen LogP contribution is 2.27. The van der Waals surface area contributed by atoms with Crippen molar-refractivity contribution in [2.75, 3.05) is 11.9 Å². The zero-order valence-electron chi connectivity index (χ0n) is 20.4. The van der Waals surface area contributed by atoms with Crippen LogP contribution >= 0.6 is 0 Å². The van der Waals surface area contributed by atoms with Gasteiger partial charge in [-0.05, 0) is 35.9 Å². The number of H-pyrrole nitrogens is 1. The highest BCUT2D eigenvalue weighted by molar-refractivity contribution is 5.98. The zero-order valence-corrected chi connectivity index (χ0v) is 20.4. The van der Waals surface area contributed by atoms with Crippen molar-refractivity contribution < 1.29 is 32.7 Å². The summed E-state index contributed by atoms with van der Waals surface area (Å²) >= 11 is 0. The Bertz CT molecular complexity index is 1480. The van der Waals surface area contributed by atoms with Crippen molar-refractivity contribution in [3.05, 3.63) is 95.8 Å². The summed E-state index contributed by atoms with van der Waals surface area (Å²) in [6.07, 6.45) is -2.18. The Morgan fingerprint density at radius 3 is 2.31 bits per heavy atom. The number of benzene rings is 2. The van der Waals surface area contributed by atoms with Gasteiger partial charge in [-0.3, -0.25) is 14.6 Å². The Kier molecular flexibility index (Phi) is 8.09. The van der Waals surface area contributed by atoms with Gasteiger partial charge in [-0.2, -0.15) is 13.2 Å². The van der Waals surface area contributed by atoms with Gasteiger partial charge in [0.1, 0.15) is 0 Å². The molecule has 0 fully saturated rings. The molecule has 11 heteroatoms. The van der Waals surface area contributed by atoms with Crippen molar-refractivity contribution in [2.24, 2.45) is 0 Å². The van der Waals surface area contributed by atoms with Crippen LogP contribution in [0.2, 0.25) is 0 Å². The van der Waals surface area contributed by atoms with E-state index in [9.17, 15) is 22.8 Å². The van der Waals surface area contributed by atoms with Gasteiger partial charge in [0.05, 0.1) is 17.7 Å². The van der Waals surface area contributed by atoms with Crippen molar-refractivity contribution in [1.29, 1.82) is 0 Å². The van der Waals surface area contributed by atoms with Crippen molar-refractivity contribution in [2.45, 2.75) is 19.0 Å². The lowest BCUT2D eigenvalue weighted by atomic mass is 10.1. The predicted molar refractivity (Wildman–Crippen MR) is 138 cm³/mol. The van der Waals surface area contributed by atoms with Gasteiger partial charge in [-0.25, -0.2) is 4.79 Å². The fraction of sp³-hybridized carbons (Fsp3) is 0.143. The van der Waals surface area contributed by atoms with E-state index in [1.54, 1.807) is 6.20 Å². The number of anilines is 1. The summed E-state index contributed by atoms with van der Waals surface area (Å²) in [7, 11) is 0. The van der Waals surface area contributed by atoms with Gasteiger partial charge >= 0.3 is 12.1 Å². The van der Waals surface area contributed by atoms with E-state index in [-0.39, 0.29) is 11.8 Å². The highest BCUT2D eigenvalue weighted by Gasteiger charge is 2.38. The smallest absolute Gasteiger partial charge is 0.475 e. The molecule has 5 rings (SSSR count). The molecular weight excluding hydrogens is 513 g/mol. The summed E-state index contributed by atoms with van der Waals surface area (Å²) in [5.41, 5.74) is 7.04. The molecule has 4 N–H and O–H groups in total. The standard InChI is InChI=1S/C26H22N4O2.C2HF3O2/c31-25(14-17-4-2-1-3-5-17)29-20-8-6-18(7-9-20)23-15-19(10-12-27-23)24-16-21-22(30-24)11-13-28-26(21)32;3-2(4,5)1(6)7/h1-10,12,15-16,30H,11,13-14H2,(H,28,32)(H,29,31);(H,6,7). The summed E-state index contributed by atoms with van der Waals surface area (Å²) in [6, 6.07) is 23.1. The third-order valence-corrected chi connectivity index (χ3v) is 5.79. The average molecular weight is 537 g/mol. The maximum atomic E-state index is 12.3. The monoisotopic (exact) mass is 536 g/mol. The van der Waals surface area contributed by atoms with Crippen LogP contribution < -0.4 is 10.6 Å². The number of carboxylic acids is 1. The van der Waals surface area contributed by atoms with Crippen molar-refractivity contribution in [1.82, 2.24) is 15.3 Å². The van der Waals surface area contributed by atoms with Gasteiger partial charge in [-0.1, -0.05) is 42.5 Å². The number of nitrogens with one attached hydrogen (secondary N) is 3. The summed E-state index contributed by atoms with van der Waals surface area (Å²) in [5.74, 6) is -2.84. The van der Waals surface area contributed by atoms with Crippen LogP contribution in [0, 0.1) is 0 Å². The molecule has 0 saturated heterocycles. The minimum atomic E-state index is -5.08. The molecular formula is C28H23F3N4O4. The topological polar surface area (TPSA) is 124 Å². The molecule has 39 heavy (non-hydrogen) atoms. The molecule has 1 aliphatic rings. The van der Waals surface area contributed by atoms with Crippen LogP contribution in [0.1, 0.15) is 21.6 Å². The second-order valence-corrected chi connectivity index (χ2v) is 8.60. The number of halogens is 3. The van der Waals surface area contributed by atoms with Gasteiger partial charge in [0.25, 0.3) is 5.91 Å². The molecule has 0 radical (unpaired) electrons. The molecule has 0 unspecified atom stereocenters. The number of carbonyl (C=O) groups excluding carboxylic acids is 2. The van der Waals surface area contributed by atoms with Crippen molar-refractivity contribution >= 4 is 23.5 Å². The molecule has 8 nitrogen and oxygen atoms in total. The van der Waals surface area contributed by atoms with E-state index in [0.29, 0.717) is 18.5 Å². The van der Waals surface area contributed by atoms with Crippen LogP contribution in [0.25, 0.3) is 22.5 Å². The van der Waals surface area contributed by atoms with Crippen molar-refractivity contribution in [3.8, 4) is 22.5 Å². The molecule has 3 heterocycles. The van der Waals surface area contributed by atoms with Crippen LogP contribution in [0.4, 0.5) is 18.9 Å². The number of fused-ring (bicyclic) bond motifs is 1. The number of pyridine rings is 1. The number of alkyl halides is 3. The van der Waals surface area contributed by atoms with E-state index in [1.165, 1.54) is 0 Å². The van der Waals surface area contributed by atoms with E-state index >= 15 is 0 Å². The molecule has 2 aromatic carbocycles. The fourth-order valence-corrected chi connectivity index (χ4v) is 3.92. The minimum Gasteiger partial charge on any atom is -0.475 e. The highest BCUT2D eigenvalue weighted by atomic mass is 19.4. The molecule has 1 aliphatic heterocycles. The molecule has 0 bridgehead atoms. The maximum absolute atomic E-state index is 12.3. The zero-order chi connectivity index (χ0) is 28.0. The number of aromatic amines is 1. The number of hydrogen-bond acceptors (Lipinski definition) is 4. The molecule has 200 valence electrons. The van der Waals surface area contributed by atoms with E-state index in [0.717, 1.165) is 45.9 Å². The SMILES string of the molecule is O=C(Cc1ccccc1)Nc1ccc(-c2cc(-c3cc4c([nH]3)CCNC4=O)ccn2)cc1.O=C(O)C(F)(F)F. The van der Waals surface area contributed by atoms with Crippen LogP contribution in [-0.4, -0.2) is 45.6 Å². The number of carboxylic acid groups (broad SMARTS) is 1. The normalized spacial score (nSPS) is 12.4. The summed E-state index contributed by atoms with van der Waals surface area (Å²) in [6.45, 7) is 0.654. The Labute approximate surface area is 220 Å². The Hall–Kier alpha value is -4.93. The lowest BCUT2D eigenvalue weighted by molar-refractivity contribution is -0.192. The number of aliphatic carboxylic acids is 1. The number of hydrogen-bond donors (Lipinski definition) is 4. The van der Waals surface area contributed by atoms with Crippen molar-refractivity contribution in [3.63, 3.8) is 0 Å². The molecule has 0 aliphatic carbocycles. The fourth-order valence-electron chi connectivity index (χ4n) is 3.92. The van der Waals surface area contributed by atoms with Crippen LogP contribution in [0.15, 0.2) is 79.0 Å². The molecule has 2 aromatic heterocycles. The first-order valence-electron chi connectivity index (χ1n) is 11.8. The maximum Gasteiger partial charge on any atom is 0.490 e. The summed E-state index contributed by atoms with van der Waals surface area (Å²) in [5, 5.41) is 12.9. The molecule has 4 aromatic rings. The largest absolute Gasteiger partial charge is 0.490 e. The van der Waals surface area contributed by atoms with Gasteiger partial charge in [0.2, 0.25) is 5.91 Å². The number of rotatable bonds is 5. The van der Waals surface area contributed by atoms with Gasteiger partial charge in [0, 0.05) is 47.4 Å². The molecule has 0 spiro atoms. The summed E-state index contributed by atoms with van der Waals surface area (Å²) < 4.78 is 31.7. The first-order valence-corrected chi connectivity index (χ1v) is 11.8. The number of aromatic nitrogens is 2. The minimum absolute atomic E-state index is 0.0343.